The van der Waals surface area contributed by atoms with Gasteiger partial charge in [-0.05, 0) is 43.2 Å². The number of aromatic nitrogens is 1. The molecule has 6 heteroatoms. The Kier molecular flexibility index (Phi) is 4.63. The van der Waals surface area contributed by atoms with E-state index < -0.39 is 0 Å². The lowest BCUT2D eigenvalue weighted by atomic mass is 9.91. The fourth-order valence-corrected chi connectivity index (χ4v) is 3.29. The van der Waals surface area contributed by atoms with E-state index in [0.717, 1.165) is 12.0 Å². The van der Waals surface area contributed by atoms with E-state index in [1.54, 1.807) is 47.6 Å². The molecule has 6 nitrogen and oxygen atoms in total. The summed E-state index contributed by atoms with van der Waals surface area (Å²) in [4.78, 5) is 18.1. The van der Waals surface area contributed by atoms with Gasteiger partial charge in [0.1, 0.15) is 0 Å². The van der Waals surface area contributed by atoms with Crippen LogP contribution in [0, 0.1) is 22.8 Å². The molecule has 1 fully saturated rings. The highest BCUT2D eigenvalue weighted by Crippen LogP contribution is 2.37. The Morgan fingerprint density at radius 3 is 2.68 bits per heavy atom. The number of amides is 1. The zero-order valence-electron chi connectivity index (χ0n) is 13.8. The van der Waals surface area contributed by atoms with Crippen molar-refractivity contribution in [3.8, 4) is 12.3 Å². The summed E-state index contributed by atoms with van der Waals surface area (Å²) >= 11 is 0. The smallest absolute Gasteiger partial charge is 0.255 e. The number of nitrogens with one attached hydrogen (secondary N) is 1. The number of carbonyl (C=O) groups excluding carboxylic acids is 1. The van der Waals surface area contributed by atoms with Crippen LogP contribution in [0.3, 0.4) is 0 Å². The molecule has 1 amide bonds. The predicted molar refractivity (Wildman–Crippen MR) is 92.5 cm³/mol. The van der Waals surface area contributed by atoms with Gasteiger partial charge in [-0.1, -0.05) is 6.07 Å². The maximum atomic E-state index is 12.5. The SMILES string of the molecule is C[C@@H]1C[C@H](c2c(C#N)cccc2NC(=O)c2ccncc2)CN1C#N. The monoisotopic (exact) mass is 331 g/mol. The molecule has 1 aliphatic heterocycles. The minimum Gasteiger partial charge on any atom is -0.322 e. The van der Waals surface area contributed by atoms with Gasteiger partial charge in [0.2, 0.25) is 0 Å². The molecule has 1 saturated heterocycles. The van der Waals surface area contributed by atoms with Crippen LogP contribution in [-0.2, 0) is 0 Å². The first-order valence-corrected chi connectivity index (χ1v) is 8.04. The maximum Gasteiger partial charge on any atom is 0.255 e. The third kappa shape index (κ3) is 3.29. The summed E-state index contributed by atoms with van der Waals surface area (Å²) in [6.07, 6.45) is 6.08. The van der Waals surface area contributed by atoms with Crippen LogP contribution < -0.4 is 5.32 Å². The van der Waals surface area contributed by atoms with Crippen LogP contribution in [0.1, 0.15) is 40.7 Å². The van der Waals surface area contributed by atoms with Crippen LogP contribution >= 0.6 is 0 Å². The van der Waals surface area contributed by atoms with E-state index in [2.05, 4.69) is 22.6 Å². The van der Waals surface area contributed by atoms with Gasteiger partial charge in [0, 0.05) is 42.1 Å². The summed E-state index contributed by atoms with van der Waals surface area (Å²) in [5.41, 5.74) is 2.46. The second kappa shape index (κ2) is 7.02. The molecule has 2 aromatic rings. The number of nitriles is 2. The van der Waals surface area contributed by atoms with Gasteiger partial charge in [0.05, 0.1) is 11.6 Å². The average molecular weight is 331 g/mol. The van der Waals surface area contributed by atoms with E-state index in [9.17, 15) is 15.3 Å². The molecule has 0 spiro atoms. The summed E-state index contributed by atoms with van der Waals surface area (Å²) in [5.74, 6) is -0.222. The molecule has 1 aromatic carbocycles. The number of likely N-dealkylation sites (tertiary alicyclic amines) is 1. The molecular formula is C19H17N5O. The van der Waals surface area contributed by atoms with Crippen molar-refractivity contribution in [1.29, 1.82) is 10.5 Å². The standard InChI is InChI=1S/C19H17N5O/c1-13-9-16(11-24(13)12-21)18-15(10-20)3-2-4-17(18)23-19(25)14-5-7-22-8-6-14/h2-8,13,16H,9,11H2,1H3,(H,23,25)/t13-,16+/m1/s1. The van der Waals surface area contributed by atoms with Crippen molar-refractivity contribution >= 4 is 11.6 Å². The summed E-state index contributed by atoms with van der Waals surface area (Å²) < 4.78 is 0. The molecule has 0 aliphatic carbocycles. The normalized spacial score (nSPS) is 19.1. The van der Waals surface area contributed by atoms with Crippen molar-refractivity contribution in [2.24, 2.45) is 0 Å². The molecular weight excluding hydrogens is 314 g/mol. The Balaban J connectivity index is 1.94. The number of benzene rings is 1. The van der Waals surface area contributed by atoms with Crippen molar-refractivity contribution in [3.63, 3.8) is 0 Å². The molecule has 3 rings (SSSR count). The fraction of sp³-hybridized carbons (Fsp3) is 0.263. The predicted octanol–water partition coefficient (Wildman–Crippen LogP) is 2.86. The number of pyridine rings is 1. The number of hydrogen-bond donors (Lipinski definition) is 1. The van der Waals surface area contributed by atoms with Gasteiger partial charge in [-0.2, -0.15) is 10.5 Å². The zero-order valence-corrected chi connectivity index (χ0v) is 13.8. The first kappa shape index (κ1) is 16.5. The molecule has 2 heterocycles. The number of rotatable bonds is 3. The largest absolute Gasteiger partial charge is 0.322 e. The molecule has 1 aromatic heterocycles. The first-order chi connectivity index (χ1) is 12.1. The van der Waals surface area contributed by atoms with Gasteiger partial charge in [-0.25, -0.2) is 0 Å². The lowest BCUT2D eigenvalue weighted by Crippen LogP contribution is -2.21. The van der Waals surface area contributed by atoms with E-state index in [1.807, 2.05) is 6.92 Å². The van der Waals surface area contributed by atoms with Crippen LogP contribution in [0.15, 0.2) is 42.7 Å². The van der Waals surface area contributed by atoms with Gasteiger partial charge >= 0.3 is 0 Å². The van der Waals surface area contributed by atoms with Crippen molar-refractivity contribution in [2.45, 2.75) is 25.3 Å². The summed E-state index contributed by atoms with van der Waals surface area (Å²) in [7, 11) is 0. The quantitative estimate of drug-likeness (QED) is 0.873. The molecule has 1 aliphatic rings. The van der Waals surface area contributed by atoms with Crippen LogP contribution in [0.2, 0.25) is 0 Å². The van der Waals surface area contributed by atoms with E-state index in [4.69, 9.17) is 0 Å². The molecule has 1 N–H and O–H groups in total. The van der Waals surface area contributed by atoms with Crippen LogP contribution in [0.4, 0.5) is 5.69 Å². The topological polar surface area (TPSA) is 92.8 Å². The highest BCUT2D eigenvalue weighted by atomic mass is 16.1. The fourth-order valence-electron chi connectivity index (χ4n) is 3.29. The van der Waals surface area contributed by atoms with Gasteiger partial charge < -0.3 is 10.2 Å². The number of anilines is 1. The minimum atomic E-state index is -0.248. The van der Waals surface area contributed by atoms with Crippen LogP contribution in [-0.4, -0.2) is 28.4 Å². The Bertz CT molecular complexity index is 866. The van der Waals surface area contributed by atoms with Crippen molar-refractivity contribution in [1.82, 2.24) is 9.88 Å². The molecule has 25 heavy (non-hydrogen) atoms. The summed E-state index contributed by atoms with van der Waals surface area (Å²) in [6.45, 7) is 2.54. The first-order valence-electron chi connectivity index (χ1n) is 8.04. The molecule has 0 radical (unpaired) electrons. The van der Waals surface area contributed by atoms with Gasteiger partial charge in [0.25, 0.3) is 5.91 Å². The Labute approximate surface area is 146 Å². The Morgan fingerprint density at radius 2 is 2.04 bits per heavy atom. The average Bonchev–Trinajstić information content (AvgIpc) is 3.02. The molecule has 2 atom stereocenters. The van der Waals surface area contributed by atoms with Gasteiger partial charge in [0.15, 0.2) is 6.19 Å². The van der Waals surface area contributed by atoms with E-state index in [-0.39, 0.29) is 17.9 Å². The van der Waals surface area contributed by atoms with Gasteiger partial charge in [-0.15, -0.1) is 0 Å². The third-order valence-electron chi connectivity index (χ3n) is 4.53. The maximum absolute atomic E-state index is 12.5. The number of hydrogen-bond acceptors (Lipinski definition) is 5. The number of nitrogens with zero attached hydrogens (tertiary/aromatic N) is 4. The second-order valence-electron chi connectivity index (χ2n) is 6.10. The van der Waals surface area contributed by atoms with Crippen molar-refractivity contribution in [3.05, 3.63) is 59.4 Å². The van der Waals surface area contributed by atoms with Crippen LogP contribution in [0.25, 0.3) is 0 Å². The van der Waals surface area contributed by atoms with Gasteiger partial charge in [-0.3, -0.25) is 9.78 Å². The lowest BCUT2D eigenvalue weighted by Gasteiger charge is -2.17. The van der Waals surface area contributed by atoms with E-state index in [0.29, 0.717) is 23.4 Å². The Morgan fingerprint density at radius 1 is 1.28 bits per heavy atom. The van der Waals surface area contributed by atoms with Crippen molar-refractivity contribution in [2.75, 3.05) is 11.9 Å². The molecule has 0 saturated carbocycles. The van der Waals surface area contributed by atoms with E-state index in [1.165, 1.54) is 0 Å². The zero-order chi connectivity index (χ0) is 17.8. The van der Waals surface area contributed by atoms with Crippen LogP contribution in [0.5, 0.6) is 0 Å². The minimum absolute atomic E-state index is 0.0261. The summed E-state index contributed by atoms with van der Waals surface area (Å²) in [6, 6.07) is 10.9. The van der Waals surface area contributed by atoms with E-state index >= 15 is 0 Å². The van der Waals surface area contributed by atoms with Crippen molar-refractivity contribution < 1.29 is 4.79 Å². The Hall–Kier alpha value is -3.38. The number of carbonyl (C=O) groups is 1. The molecule has 0 unspecified atom stereocenters. The lowest BCUT2D eigenvalue weighted by molar-refractivity contribution is 0.102. The third-order valence-corrected chi connectivity index (χ3v) is 4.53. The second-order valence-corrected chi connectivity index (χ2v) is 6.10. The highest BCUT2D eigenvalue weighted by Gasteiger charge is 2.32. The molecule has 0 bridgehead atoms. The molecule has 124 valence electrons. The summed E-state index contributed by atoms with van der Waals surface area (Å²) in [5, 5.41) is 21.6. The highest BCUT2D eigenvalue weighted by molar-refractivity contribution is 6.04.